The molecule has 1 rings (SSSR count). The molecule has 118 valence electrons. The summed E-state index contributed by atoms with van der Waals surface area (Å²) in [5, 5.41) is 19.9. The lowest BCUT2D eigenvalue weighted by Crippen LogP contribution is -2.23. The smallest absolute Gasteiger partial charge is 0.339 e. The van der Waals surface area contributed by atoms with Gasteiger partial charge in [0, 0.05) is 5.56 Å². The molecule has 1 aromatic carbocycles. The van der Waals surface area contributed by atoms with E-state index < -0.39 is 5.97 Å². The van der Waals surface area contributed by atoms with Crippen molar-refractivity contribution in [1.29, 1.82) is 0 Å². The Balaban J connectivity index is 3.75. The molecule has 0 spiro atoms. The molecule has 2 N–H and O–H groups in total. The zero-order valence-corrected chi connectivity index (χ0v) is 14.3. The van der Waals surface area contributed by atoms with Crippen LogP contribution in [0.15, 0.2) is 6.07 Å². The summed E-state index contributed by atoms with van der Waals surface area (Å²) < 4.78 is 0. The lowest BCUT2D eigenvalue weighted by Gasteiger charge is -2.31. The van der Waals surface area contributed by atoms with Crippen LogP contribution in [0.2, 0.25) is 0 Å². The Hall–Kier alpha value is -1.51. The number of aromatic carboxylic acids is 1. The van der Waals surface area contributed by atoms with E-state index in [-0.39, 0.29) is 22.1 Å². The molecular weight excluding hydrogens is 264 g/mol. The van der Waals surface area contributed by atoms with Crippen LogP contribution in [0.4, 0.5) is 0 Å². The summed E-state index contributed by atoms with van der Waals surface area (Å²) in [6, 6.07) is 1.99. The minimum Gasteiger partial charge on any atom is -0.507 e. The minimum absolute atomic E-state index is 0.0432. The van der Waals surface area contributed by atoms with E-state index in [0.717, 1.165) is 18.4 Å². The SMILES string of the molecule is CCCC(C)(C)c1cc(C(C)(C)C)c(O)c(C(=O)O)c1C. The lowest BCUT2D eigenvalue weighted by atomic mass is 9.73. The highest BCUT2D eigenvalue weighted by Gasteiger charge is 2.31. The van der Waals surface area contributed by atoms with Crippen LogP contribution in [0, 0.1) is 6.92 Å². The largest absolute Gasteiger partial charge is 0.507 e. The quantitative estimate of drug-likeness (QED) is 0.840. The first kappa shape index (κ1) is 17.5. The molecule has 1 aromatic rings. The second kappa shape index (κ2) is 5.70. The third kappa shape index (κ3) is 3.39. The number of carboxylic acids is 1. The van der Waals surface area contributed by atoms with E-state index in [9.17, 15) is 15.0 Å². The monoisotopic (exact) mass is 292 g/mol. The summed E-state index contributed by atoms with van der Waals surface area (Å²) in [6.45, 7) is 14.1. The maximum Gasteiger partial charge on any atom is 0.339 e. The van der Waals surface area contributed by atoms with Crippen LogP contribution < -0.4 is 0 Å². The number of benzene rings is 1. The molecule has 0 aliphatic rings. The van der Waals surface area contributed by atoms with Gasteiger partial charge in [0.15, 0.2) is 0 Å². The predicted molar refractivity (Wildman–Crippen MR) is 86.4 cm³/mol. The maximum absolute atomic E-state index is 11.6. The van der Waals surface area contributed by atoms with Crippen LogP contribution >= 0.6 is 0 Å². The van der Waals surface area contributed by atoms with E-state index in [4.69, 9.17) is 0 Å². The third-order valence-electron chi connectivity index (χ3n) is 4.19. The van der Waals surface area contributed by atoms with E-state index in [2.05, 4.69) is 20.8 Å². The highest BCUT2D eigenvalue weighted by atomic mass is 16.4. The van der Waals surface area contributed by atoms with Gasteiger partial charge in [0.25, 0.3) is 0 Å². The third-order valence-corrected chi connectivity index (χ3v) is 4.19. The van der Waals surface area contributed by atoms with E-state index in [1.807, 2.05) is 26.8 Å². The number of hydrogen-bond acceptors (Lipinski definition) is 2. The molecule has 0 radical (unpaired) electrons. The van der Waals surface area contributed by atoms with Gasteiger partial charge in [-0.3, -0.25) is 0 Å². The van der Waals surface area contributed by atoms with Crippen molar-refractivity contribution in [3.63, 3.8) is 0 Å². The molecule has 0 fully saturated rings. The van der Waals surface area contributed by atoms with Crippen LogP contribution in [0.25, 0.3) is 0 Å². The van der Waals surface area contributed by atoms with Gasteiger partial charge < -0.3 is 10.2 Å². The van der Waals surface area contributed by atoms with Crippen molar-refractivity contribution in [3.8, 4) is 5.75 Å². The van der Waals surface area contributed by atoms with Crippen LogP contribution in [0.5, 0.6) is 5.75 Å². The van der Waals surface area contributed by atoms with Gasteiger partial charge in [0.1, 0.15) is 11.3 Å². The van der Waals surface area contributed by atoms with Crippen molar-refractivity contribution in [2.24, 2.45) is 0 Å². The van der Waals surface area contributed by atoms with Gasteiger partial charge in [0.2, 0.25) is 0 Å². The second-order valence-corrected chi connectivity index (χ2v) is 7.51. The molecule has 0 aromatic heterocycles. The minimum atomic E-state index is -1.07. The molecule has 3 heteroatoms. The Morgan fingerprint density at radius 2 is 1.67 bits per heavy atom. The first-order chi connectivity index (χ1) is 9.43. The number of carboxylic acid groups (broad SMARTS) is 1. The van der Waals surface area contributed by atoms with Crippen LogP contribution in [0.1, 0.15) is 81.4 Å². The van der Waals surface area contributed by atoms with Gasteiger partial charge in [0.05, 0.1) is 0 Å². The lowest BCUT2D eigenvalue weighted by molar-refractivity contribution is 0.0692. The number of rotatable bonds is 4. The standard InChI is InChI=1S/C18H28O3/c1-8-9-18(6,7)12-10-13(17(3,4)5)15(19)14(11(12)2)16(20)21/h10,19H,8-9H2,1-7H3,(H,20,21). The predicted octanol–water partition coefficient (Wildman–Crippen LogP) is 4.77. The van der Waals surface area contributed by atoms with Crippen molar-refractivity contribution in [2.45, 2.75) is 72.1 Å². The Kier molecular flexibility index (Phi) is 4.76. The van der Waals surface area contributed by atoms with Gasteiger partial charge in [-0.1, -0.05) is 54.0 Å². The summed E-state index contributed by atoms with van der Waals surface area (Å²) in [4.78, 5) is 11.6. The summed E-state index contributed by atoms with van der Waals surface area (Å²) in [5.41, 5.74) is 2.01. The average molecular weight is 292 g/mol. The first-order valence-electron chi connectivity index (χ1n) is 7.54. The highest BCUT2D eigenvalue weighted by molar-refractivity contribution is 5.93. The fourth-order valence-corrected chi connectivity index (χ4v) is 3.06. The van der Waals surface area contributed by atoms with Crippen LogP contribution in [0.3, 0.4) is 0 Å². The fourth-order valence-electron chi connectivity index (χ4n) is 3.06. The van der Waals surface area contributed by atoms with Gasteiger partial charge in [-0.2, -0.15) is 0 Å². The van der Waals surface area contributed by atoms with E-state index in [1.165, 1.54) is 0 Å². The molecule has 21 heavy (non-hydrogen) atoms. The normalized spacial score (nSPS) is 12.5. The molecule has 0 atom stereocenters. The van der Waals surface area contributed by atoms with Crippen molar-refractivity contribution in [3.05, 3.63) is 28.3 Å². The molecule has 0 aliphatic heterocycles. The average Bonchev–Trinajstić information content (AvgIpc) is 2.25. The van der Waals surface area contributed by atoms with Crippen molar-refractivity contribution >= 4 is 5.97 Å². The van der Waals surface area contributed by atoms with Gasteiger partial charge in [-0.05, 0) is 35.3 Å². The molecule has 0 unspecified atom stereocenters. The van der Waals surface area contributed by atoms with Crippen LogP contribution in [-0.4, -0.2) is 16.2 Å². The van der Waals surface area contributed by atoms with Crippen molar-refractivity contribution < 1.29 is 15.0 Å². The number of hydrogen-bond donors (Lipinski definition) is 2. The second-order valence-electron chi connectivity index (χ2n) is 7.51. The van der Waals surface area contributed by atoms with Crippen molar-refractivity contribution in [2.75, 3.05) is 0 Å². The zero-order valence-electron chi connectivity index (χ0n) is 14.3. The van der Waals surface area contributed by atoms with E-state index >= 15 is 0 Å². The number of aromatic hydroxyl groups is 1. The number of carbonyl (C=O) groups is 1. The molecule has 0 saturated heterocycles. The molecule has 0 saturated carbocycles. The van der Waals surface area contributed by atoms with Gasteiger partial charge >= 0.3 is 5.97 Å². The summed E-state index contributed by atoms with van der Waals surface area (Å²) in [6.07, 6.45) is 2.00. The Bertz CT molecular complexity index is 549. The molecule has 0 heterocycles. The molecule has 0 aliphatic carbocycles. The zero-order chi connectivity index (χ0) is 16.6. The Labute approximate surface area is 128 Å². The fraction of sp³-hybridized carbons (Fsp3) is 0.611. The molecule has 3 nitrogen and oxygen atoms in total. The molecule has 0 bridgehead atoms. The van der Waals surface area contributed by atoms with Gasteiger partial charge in [-0.15, -0.1) is 0 Å². The van der Waals surface area contributed by atoms with Crippen LogP contribution in [-0.2, 0) is 10.8 Å². The Morgan fingerprint density at radius 3 is 2.05 bits per heavy atom. The molecular formula is C18H28O3. The van der Waals surface area contributed by atoms with E-state index in [0.29, 0.717) is 11.1 Å². The summed E-state index contributed by atoms with van der Waals surface area (Å²) >= 11 is 0. The topological polar surface area (TPSA) is 57.5 Å². The van der Waals surface area contributed by atoms with Gasteiger partial charge in [-0.25, -0.2) is 4.79 Å². The number of phenols is 1. The summed E-state index contributed by atoms with van der Waals surface area (Å²) in [7, 11) is 0. The summed E-state index contributed by atoms with van der Waals surface area (Å²) in [5.74, 6) is -1.16. The highest BCUT2D eigenvalue weighted by Crippen LogP contribution is 2.41. The first-order valence-corrected chi connectivity index (χ1v) is 7.54. The Morgan fingerprint density at radius 1 is 1.14 bits per heavy atom. The maximum atomic E-state index is 11.6. The van der Waals surface area contributed by atoms with Crippen molar-refractivity contribution in [1.82, 2.24) is 0 Å². The van der Waals surface area contributed by atoms with E-state index in [1.54, 1.807) is 6.92 Å². The molecule has 0 amide bonds.